The fraction of sp³-hybridized carbons (Fsp3) is 0.300. The molecule has 8 heteroatoms. The zero-order chi connectivity index (χ0) is 20.3. The predicted molar refractivity (Wildman–Crippen MR) is 107 cm³/mol. The Labute approximate surface area is 168 Å². The summed E-state index contributed by atoms with van der Waals surface area (Å²) >= 11 is 5.90. The number of anilines is 2. The zero-order valence-electron chi connectivity index (χ0n) is 15.8. The van der Waals surface area contributed by atoms with Gasteiger partial charge in [0.15, 0.2) is 11.5 Å². The van der Waals surface area contributed by atoms with Gasteiger partial charge in [0.1, 0.15) is 0 Å². The summed E-state index contributed by atoms with van der Waals surface area (Å²) in [6, 6.07) is 10.3. The molecule has 2 amide bonds. The lowest BCUT2D eigenvalue weighted by Crippen LogP contribution is -2.28. The topological polar surface area (TPSA) is 77.1 Å². The van der Waals surface area contributed by atoms with E-state index in [1.165, 1.54) is 21.3 Å². The number of hydrogen-bond acceptors (Lipinski definition) is 5. The minimum absolute atomic E-state index is 0.104. The van der Waals surface area contributed by atoms with Gasteiger partial charge in [-0.3, -0.25) is 9.59 Å². The molecule has 0 aromatic heterocycles. The number of carbonyl (C=O) groups excluding carboxylic acids is 2. The van der Waals surface area contributed by atoms with Crippen molar-refractivity contribution in [2.75, 3.05) is 38.1 Å². The summed E-state index contributed by atoms with van der Waals surface area (Å²) in [6.45, 7) is 0.302. The van der Waals surface area contributed by atoms with Crippen LogP contribution in [0, 0.1) is 5.92 Å². The van der Waals surface area contributed by atoms with Crippen LogP contribution in [0.25, 0.3) is 0 Å². The molecule has 0 unspecified atom stereocenters. The van der Waals surface area contributed by atoms with Crippen LogP contribution in [0.3, 0.4) is 0 Å². The maximum atomic E-state index is 12.7. The van der Waals surface area contributed by atoms with E-state index in [9.17, 15) is 9.59 Å². The van der Waals surface area contributed by atoms with Crippen LogP contribution in [0.4, 0.5) is 11.4 Å². The highest BCUT2D eigenvalue weighted by atomic mass is 35.5. The SMILES string of the molecule is COc1cc(NC(=O)[C@@H]2CC(=O)N(c3ccc(Cl)cc3)C2)cc(OC)c1OC. The molecular weight excluding hydrogens is 384 g/mol. The molecule has 1 saturated heterocycles. The molecule has 0 radical (unpaired) electrons. The van der Waals surface area contributed by atoms with Crippen LogP contribution in [0.2, 0.25) is 5.02 Å². The molecule has 1 atom stereocenters. The van der Waals surface area contributed by atoms with Crippen molar-refractivity contribution in [3.8, 4) is 17.2 Å². The van der Waals surface area contributed by atoms with Crippen molar-refractivity contribution >= 4 is 34.8 Å². The number of nitrogens with one attached hydrogen (secondary N) is 1. The number of ether oxygens (including phenoxy) is 3. The Hall–Kier alpha value is -2.93. The van der Waals surface area contributed by atoms with Crippen LogP contribution in [0.15, 0.2) is 36.4 Å². The van der Waals surface area contributed by atoms with Crippen LogP contribution in [-0.2, 0) is 9.59 Å². The minimum Gasteiger partial charge on any atom is -0.493 e. The van der Waals surface area contributed by atoms with Crippen LogP contribution in [0.1, 0.15) is 6.42 Å². The zero-order valence-corrected chi connectivity index (χ0v) is 16.6. The Bertz CT molecular complexity index is 860. The number of methoxy groups -OCH3 is 3. The monoisotopic (exact) mass is 404 g/mol. The number of amides is 2. The largest absolute Gasteiger partial charge is 0.493 e. The van der Waals surface area contributed by atoms with E-state index in [-0.39, 0.29) is 18.2 Å². The fourth-order valence-electron chi connectivity index (χ4n) is 3.15. The third-order valence-electron chi connectivity index (χ3n) is 4.57. The van der Waals surface area contributed by atoms with Crippen LogP contribution in [-0.4, -0.2) is 39.7 Å². The third-order valence-corrected chi connectivity index (χ3v) is 4.82. The first-order valence-electron chi connectivity index (χ1n) is 8.63. The molecule has 1 aliphatic rings. The molecule has 1 aliphatic heterocycles. The van der Waals surface area contributed by atoms with Gasteiger partial charge in [-0.2, -0.15) is 0 Å². The van der Waals surface area contributed by atoms with Gasteiger partial charge in [-0.1, -0.05) is 11.6 Å². The van der Waals surface area contributed by atoms with Crippen molar-refractivity contribution in [2.24, 2.45) is 5.92 Å². The van der Waals surface area contributed by atoms with Gasteiger partial charge in [0.25, 0.3) is 0 Å². The van der Waals surface area contributed by atoms with E-state index in [1.54, 1.807) is 41.3 Å². The quantitative estimate of drug-likeness (QED) is 0.798. The molecule has 1 fully saturated rings. The van der Waals surface area contributed by atoms with Crippen molar-refractivity contribution in [1.29, 1.82) is 0 Å². The van der Waals surface area contributed by atoms with Gasteiger partial charge in [0.2, 0.25) is 17.6 Å². The molecule has 2 aromatic carbocycles. The Morgan fingerprint density at radius 1 is 1.07 bits per heavy atom. The van der Waals surface area contributed by atoms with Crippen molar-refractivity contribution < 1.29 is 23.8 Å². The molecule has 2 aromatic rings. The van der Waals surface area contributed by atoms with E-state index in [0.29, 0.717) is 34.5 Å². The van der Waals surface area contributed by atoms with E-state index in [0.717, 1.165) is 5.69 Å². The van der Waals surface area contributed by atoms with Crippen molar-refractivity contribution in [3.05, 3.63) is 41.4 Å². The molecular formula is C20H21ClN2O5. The number of benzene rings is 2. The van der Waals surface area contributed by atoms with Gasteiger partial charge in [-0.25, -0.2) is 0 Å². The predicted octanol–water partition coefficient (Wildman–Crippen LogP) is 3.36. The van der Waals surface area contributed by atoms with E-state index in [4.69, 9.17) is 25.8 Å². The molecule has 0 aliphatic carbocycles. The second-order valence-corrected chi connectivity index (χ2v) is 6.72. The van der Waals surface area contributed by atoms with E-state index in [2.05, 4.69) is 5.32 Å². The molecule has 1 N–H and O–H groups in total. The number of rotatable bonds is 6. The Kier molecular flexibility index (Phi) is 5.94. The standard InChI is InChI=1S/C20H21ClN2O5/c1-26-16-9-14(10-17(27-2)19(16)28-3)22-20(25)12-8-18(24)23(11-12)15-6-4-13(21)5-7-15/h4-7,9-10,12H,8,11H2,1-3H3,(H,22,25)/t12-/m1/s1. The molecule has 148 valence electrons. The Balaban J connectivity index is 1.75. The van der Waals surface area contributed by atoms with Gasteiger partial charge in [0.05, 0.1) is 27.2 Å². The Morgan fingerprint density at radius 2 is 1.68 bits per heavy atom. The van der Waals surface area contributed by atoms with Crippen LogP contribution >= 0.6 is 11.6 Å². The van der Waals surface area contributed by atoms with Gasteiger partial charge in [-0.05, 0) is 24.3 Å². The summed E-state index contributed by atoms with van der Waals surface area (Å²) in [5.74, 6) is 0.478. The fourth-order valence-corrected chi connectivity index (χ4v) is 3.28. The third kappa shape index (κ3) is 3.99. The summed E-state index contributed by atoms with van der Waals surface area (Å²) < 4.78 is 15.9. The van der Waals surface area contributed by atoms with E-state index < -0.39 is 5.92 Å². The lowest BCUT2D eigenvalue weighted by molar-refractivity contribution is -0.122. The summed E-state index contributed by atoms with van der Waals surface area (Å²) in [6.07, 6.45) is 0.138. The maximum Gasteiger partial charge on any atom is 0.229 e. The second kappa shape index (κ2) is 8.39. The summed E-state index contributed by atoms with van der Waals surface area (Å²) in [5, 5.41) is 3.42. The highest BCUT2D eigenvalue weighted by Gasteiger charge is 2.35. The molecule has 0 bridgehead atoms. The lowest BCUT2D eigenvalue weighted by Gasteiger charge is -2.17. The highest BCUT2D eigenvalue weighted by Crippen LogP contribution is 2.40. The molecule has 28 heavy (non-hydrogen) atoms. The average Bonchev–Trinajstić information content (AvgIpc) is 3.09. The van der Waals surface area contributed by atoms with Gasteiger partial charge in [0, 0.05) is 41.5 Å². The average molecular weight is 405 g/mol. The number of carbonyl (C=O) groups is 2. The van der Waals surface area contributed by atoms with Gasteiger partial charge < -0.3 is 24.4 Å². The van der Waals surface area contributed by atoms with Crippen LogP contribution < -0.4 is 24.4 Å². The van der Waals surface area contributed by atoms with E-state index in [1.807, 2.05) is 0 Å². The first kappa shape index (κ1) is 19.8. The van der Waals surface area contributed by atoms with E-state index >= 15 is 0 Å². The van der Waals surface area contributed by atoms with Crippen LogP contribution in [0.5, 0.6) is 17.2 Å². The highest BCUT2D eigenvalue weighted by molar-refractivity contribution is 6.30. The number of nitrogens with zero attached hydrogens (tertiary/aromatic N) is 1. The number of halogens is 1. The number of hydrogen-bond donors (Lipinski definition) is 1. The molecule has 0 spiro atoms. The van der Waals surface area contributed by atoms with Gasteiger partial charge in [-0.15, -0.1) is 0 Å². The van der Waals surface area contributed by atoms with Crippen molar-refractivity contribution in [1.82, 2.24) is 0 Å². The second-order valence-electron chi connectivity index (χ2n) is 6.29. The summed E-state index contributed by atoms with van der Waals surface area (Å²) in [7, 11) is 4.51. The first-order chi connectivity index (χ1) is 13.5. The normalized spacial score (nSPS) is 16.1. The van der Waals surface area contributed by atoms with Crippen molar-refractivity contribution in [3.63, 3.8) is 0 Å². The molecule has 0 saturated carbocycles. The Morgan fingerprint density at radius 3 is 2.21 bits per heavy atom. The smallest absolute Gasteiger partial charge is 0.229 e. The minimum atomic E-state index is -0.470. The lowest BCUT2D eigenvalue weighted by atomic mass is 10.1. The maximum absolute atomic E-state index is 12.7. The first-order valence-corrected chi connectivity index (χ1v) is 9.01. The molecule has 3 rings (SSSR count). The summed E-state index contributed by atoms with van der Waals surface area (Å²) in [4.78, 5) is 26.7. The van der Waals surface area contributed by atoms with Crippen molar-refractivity contribution in [2.45, 2.75) is 6.42 Å². The molecule has 1 heterocycles. The summed E-state index contributed by atoms with van der Waals surface area (Å²) in [5.41, 5.74) is 1.22. The molecule has 7 nitrogen and oxygen atoms in total. The van der Waals surface area contributed by atoms with Gasteiger partial charge >= 0.3 is 0 Å².